The van der Waals surface area contributed by atoms with E-state index in [1.165, 1.54) is 11.3 Å². The molecule has 0 aliphatic heterocycles. The second kappa shape index (κ2) is 7.93. The maximum atomic E-state index is 12.8. The molecule has 0 bridgehead atoms. The number of aromatic nitrogens is 5. The number of nitrogens with two attached hydrogens (primary N) is 1. The Kier molecular flexibility index (Phi) is 5.11. The molecule has 0 atom stereocenters. The minimum absolute atomic E-state index is 0.00886. The van der Waals surface area contributed by atoms with E-state index in [2.05, 4.69) is 25.3 Å². The van der Waals surface area contributed by atoms with Crippen molar-refractivity contribution >= 4 is 61.2 Å². The standard InChI is InChI=1S/C20H20ClN7O2S/c1-30-12-6-7-13-14(8-12)31-20(24-13)27-18(29)10-2-4-11(5-3-10)28-9-23-15-16(22)25-19(21)26-17(15)28/h6-11H,2-5H2,1H3,(H2,22,25,26)(H,24,27,29)/t10-,11+. The molecule has 1 aromatic carbocycles. The SMILES string of the molecule is COc1ccc2nc(NC(=O)[C@H]3CC[C@@H](n4cnc5c(N)nc(Cl)nc54)CC3)sc2c1. The van der Waals surface area contributed by atoms with Crippen molar-refractivity contribution in [3.05, 3.63) is 29.8 Å². The second-order valence-corrected chi connectivity index (χ2v) is 8.92. The van der Waals surface area contributed by atoms with Gasteiger partial charge in [-0.25, -0.2) is 9.97 Å². The third-order valence-corrected chi connectivity index (χ3v) is 6.81. The van der Waals surface area contributed by atoms with Crippen LogP contribution >= 0.6 is 22.9 Å². The van der Waals surface area contributed by atoms with Crippen LogP contribution in [0, 0.1) is 5.92 Å². The Morgan fingerprint density at radius 3 is 2.84 bits per heavy atom. The molecule has 1 aliphatic carbocycles. The first-order valence-electron chi connectivity index (χ1n) is 9.93. The van der Waals surface area contributed by atoms with Gasteiger partial charge in [0.1, 0.15) is 11.3 Å². The lowest BCUT2D eigenvalue weighted by Gasteiger charge is -2.28. The summed E-state index contributed by atoms with van der Waals surface area (Å²) in [6.07, 6.45) is 4.93. The smallest absolute Gasteiger partial charge is 0.229 e. The first-order valence-corrected chi connectivity index (χ1v) is 11.1. The lowest BCUT2D eigenvalue weighted by molar-refractivity contribution is -0.120. The number of hydrogen-bond donors (Lipinski definition) is 2. The molecule has 3 aromatic heterocycles. The number of rotatable bonds is 4. The number of nitrogens with zero attached hydrogens (tertiary/aromatic N) is 5. The van der Waals surface area contributed by atoms with Crippen molar-refractivity contribution in [1.29, 1.82) is 0 Å². The molecule has 3 heterocycles. The largest absolute Gasteiger partial charge is 0.497 e. The average molecular weight is 458 g/mol. The van der Waals surface area contributed by atoms with Crippen LogP contribution in [0.15, 0.2) is 24.5 Å². The fourth-order valence-corrected chi connectivity index (χ4v) is 5.16. The van der Waals surface area contributed by atoms with E-state index < -0.39 is 0 Å². The van der Waals surface area contributed by atoms with Crippen LogP contribution in [0.5, 0.6) is 5.75 Å². The summed E-state index contributed by atoms with van der Waals surface area (Å²) in [6, 6.07) is 5.87. The summed E-state index contributed by atoms with van der Waals surface area (Å²) < 4.78 is 8.22. The Morgan fingerprint density at radius 1 is 1.26 bits per heavy atom. The number of benzene rings is 1. The molecule has 0 spiro atoms. The van der Waals surface area contributed by atoms with Crippen LogP contribution in [0.2, 0.25) is 5.28 Å². The minimum atomic E-state index is -0.0594. The van der Waals surface area contributed by atoms with Crippen LogP contribution in [0.4, 0.5) is 10.9 Å². The van der Waals surface area contributed by atoms with Gasteiger partial charge in [0.05, 0.1) is 23.7 Å². The topological polar surface area (TPSA) is 121 Å². The van der Waals surface area contributed by atoms with Crippen LogP contribution in [0.3, 0.4) is 0 Å². The van der Waals surface area contributed by atoms with Gasteiger partial charge >= 0.3 is 0 Å². The molecule has 0 unspecified atom stereocenters. The number of methoxy groups -OCH3 is 1. The number of carbonyl (C=O) groups is 1. The molecule has 4 aromatic rings. The molecule has 11 heteroatoms. The van der Waals surface area contributed by atoms with Gasteiger partial charge in [-0.1, -0.05) is 11.3 Å². The van der Waals surface area contributed by atoms with Crippen LogP contribution < -0.4 is 15.8 Å². The fourth-order valence-electron chi connectivity index (χ4n) is 4.09. The molecule has 160 valence electrons. The normalized spacial score (nSPS) is 19.0. The van der Waals surface area contributed by atoms with Crippen molar-refractivity contribution in [2.24, 2.45) is 5.92 Å². The Balaban J connectivity index is 1.26. The summed E-state index contributed by atoms with van der Waals surface area (Å²) in [5.41, 5.74) is 7.93. The van der Waals surface area contributed by atoms with Gasteiger partial charge in [-0.05, 0) is 55.5 Å². The monoisotopic (exact) mass is 457 g/mol. The summed E-state index contributed by atoms with van der Waals surface area (Å²) in [6.45, 7) is 0. The molecule has 1 aliphatic rings. The summed E-state index contributed by atoms with van der Waals surface area (Å²) in [7, 11) is 1.63. The lowest BCUT2D eigenvalue weighted by atomic mass is 9.85. The number of anilines is 2. The Hall–Kier alpha value is -2.98. The average Bonchev–Trinajstić information content (AvgIpc) is 3.36. The van der Waals surface area contributed by atoms with Crippen LogP contribution in [-0.2, 0) is 4.79 Å². The molecule has 1 amide bonds. The lowest BCUT2D eigenvalue weighted by Crippen LogP contribution is -2.28. The van der Waals surface area contributed by atoms with E-state index in [1.807, 2.05) is 22.8 Å². The van der Waals surface area contributed by atoms with Gasteiger partial charge in [-0.15, -0.1) is 0 Å². The van der Waals surface area contributed by atoms with Gasteiger partial charge in [0, 0.05) is 12.0 Å². The zero-order valence-corrected chi connectivity index (χ0v) is 18.3. The van der Waals surface area contributed by atoms with E-state index in [9.17, 15) is 4.79 Å². The molecule has 1 saturated carbocycles. The molecule has 0 saturated heterocycles. The van der Waals surface area contributed by atoms with Crippen molar-refractivity contribution < 1.29 is 9.53 Å². The highest BCUT2D eigenvalue weighted by molar-refractivity contribution is 7.22. The molecule has 31 heavy (non-hydrogen) atoms. The molecular formula is C20H20ClN7O2S. The van der Waals surface area contributed by atoms with Crippen LogP contribution in [0.1, 0.15) is 31.7 Å². The highest BCUT2D eigenvalue weighted by Gasteiger charge is 2.29. The third kappa shape index (κ3) is 3.77. The molecule has 1 fully saturated rings. The van der Waals surface area contributed by atoms with E-state index in [0.29, 0.717) is 16.3 Å². The van der Waals surface area contributed by atoms with E-state index in [4.69, 9.17) is 22.1 Å². The van der Waals surface area contributed by atoms with Crippen LogP contribution in [0.25, 0.3) is 21.4 Å². The highest BCUT2D eigenvalue weighted by Crippen LogP contribution is 2.36. The van der Waals surface area contributed by atoms with Gasteiger partial charge in [-0.2, -0.15) is 9.97 Å². The number of hydrogen-bond acceptors (Lipinski definition) is 8. The molecule has 3 N–H and O–H groups in total. The fraction of sp³-hybridized carbons (Fsp3) is 0.350. The van der Waals surface area contributed by atoms with E-state index >= 15 is 0 Å². The number of halogens is 1. The maximum Gasteiger partial charge on any atom is 0.229 e. The van der Waals surface area contributed by atoms with Gasteiger partial charge in [0.15, 0.2) is 16.6 Å². The Bertz CT molecular complexity index is 1280. The number of carbonyl (C=O) groups excluding carboxylic acids is 1. The van der Waals surface area contributed by atoms with Crippen molar-refractivity contribution in [3.8, 4) is 5.75 Å². The number of fused-ring (bicyclic) bond motifs is 2. The van der Waals surface area contributed by atoms with Crippen molar-refractivity contribution in [2.45, 2.75) is 31.7 Å². The summed E-state index contributed by atoms with van der Waals surface area (Å²) in [4.78, 5) is 29.9. The van der Waals surface area contributed by atoms with E-state index in [0.717, 1.165) is 41.6 Å². The number of amides is 1. The maximum absolute atomic E-state index is 12.8. The van der Waals surface area contributed by atoms with Crippen molar-refractivity contribution in [2.75, 3.05) is 18.2 Å². The zero-order valence-electron chi connectivity index (χ0n) is 16.7. The quantitative estimate of drug-likeness (QED) is 0.443. The minimum Gasteiger partial charge on any atom is -0.497 e. The third-order valence-electron chi connectivity index (χ3n) is 5.71. The number of thiazole rings is 1. The van der Waals surface area contributed by atoms with Gasteiger partial charge < -0.3 is 20.4 Å². The van der Waals surface area contributed by atoms with Gasteiger partial charge in [0.25, 0.3) is 0 Å². The summed E-state index contributed by atoms with van der Waals surface area (Å²) in [5, 5.41) is 3.70. The predicted molar refractivity (Wildman–Crippen MR) is 121 cm³/mol. The zero-order chi connectivity index (χ0) is 21.5. The number of nitrogen functional groups attached to an aromatic ring is 1. The number of imidazole rings is 1. The summed E-state index contributed by atoms with van der Waals surface area (Å²) in [5.74, 6) is 0.994. The van der Waals surface area contributed by atoms with Crippen molar-refractivity contribution in [3.63, 3.8) is 0 Å². The highest BCUT2D eigenvalue weighted by atomic mass is 35.5. The Morgan fingerprint density at radius 2 is 2.06 bits per heavy atom. The van der Waals surface area contributed by atoms with Crippen LogP contribution in [-0.4, -0.2) is 37.5 Å². The molecule has 9 nitrogen and oxygen atoms in total. The van der Waals surface area contributed by atoms with Crippen molar-refractivity contribution in [1.82, 2.24) is 24.5 Å². The van der Waals surface area contributed by atoms with E-state index in [-0.39, 0.29) is 29.0 Å². The second-order valence-electron chi connectivity index (χ2n) is 7.55. The first-order chi connectivity index (χ1) is 15.0. The molecular weight excluding hydrogens is 438 g/mol. The number of nitrogens with one attached hydrogen (secondary N) is 1. The van der Waals surface area contributed by atoms with Gasteiger partial charge in [0.2, 0.25) is 11.2 Å². The first kappa shape index (κ1) is 20.0. The predicted octanol–water partition coefficient (Wildman–Crippen LogP) is 4.05. The number of ether oxygens (including phenoxy) is 1. The Labute approximate surface area is 186 Å². The molecule has 0 radical (unpaired) electrons. The van der Waals surface area contributed by atoms with E-state index in [1.54, 1.807) is 13.4 Å². The summed E-state index contributed by atoms with van der Waals surface area (Å²) >= 11 is 7.42. The van der Waals surface area contributed by atoms with Gasteiger partial charge in [-0.3, -0.25) is 4.79 Å². The molecule has 5 rings (SSSR count).